The first kappa shape index (κ1) is 7.92. The van der Waals surface area contributed by atoms with Gasteiger partial charge in [-0.05, 0) is 25.1 Å². The zero-order chi connectivity index (χ0) is 8.27. The third kappa shape index (κ3) is 1.45. The normalized spacial score (nSPS) is 9.36. The van der Waals surface area contributed by atoms with Gasteiger partial charge in [-0.15, -0.1) is 0 Å². The minimum Gasteiger partial charge on any atom is -0.496 e. The summed E-state index contributed by atoms with van der Waals surface area (Å²) < 4.78 is 10.2. The van der Waals surface area contributed by atoms with Gasteiger partial charge in [-0.3, -0.25) is 0 Å². The first-order chi connectivity index (χ1) is 5.29. The lowest BCUT2D eigenvalue weighted by Gasteiger charge is -2.07. The van der Waals surface area contributed by atoms with Crippen LogP contribution in [0.2, 0.25) is 0 Å². The molecule has 1 aromatic rings. The monoisotopic (exact) mass is 151 g/mol. The van der Waals surface area contributed by atoms with Gasteiger partial charge in [0.15, 0.2) is 0 Å². The number of hydrogen-bond acceptors (Lipinski definition) is 2. The van der Waals surface area contributed by atoms with Gasteiger partial charge in [0, 0.05) is 5.56 Å². The Morgan fingerprint density at radius 3 is 1.91 bits per heavy atom. The maximum Gasteiger partial charge on any atom is 0.126 e. The van der Waals surface area contributed by atoms with Crippen LogP contribution in [0, 0.1) is 13.0 Å². The molecule has 0 heterocycles. The van der Waals surface area contributed by atoms with Crippen molar-refractivity contribution in [3.63, 3.8) is 0 Å². The van der Waals surface area contributed by atoms with Crippen LogP contribution >= 0.6 is 0 Å². The lowest BCUT2D eigenvalue weighted by molar-refractivity contribution is 0.388. The van der Waals surface area contributed by atoms with E-state index < -0.39 is 0 Å². The maximum atomic E-state index is 5.08. The molecular formula is C9H11O2. The van der Waals surface area contributed by atoms with Crippen LogP contribution in [0.25, 0.3) is 0 Å². The zero-order valence-electron chi connectivity index (χ0n) is 6.97. The molecule has 0 atom stereocenters. The summed E-state index contributed by atoms with van der Waals surface area (Å²) in [6, 6.07) is 6.50. The molecule has 11 heavy (non-hydrogen) atoms. The highest BCUT2D eigenvalue weighted by Gasteiger charge is 2.02. The van der Waals surface area contributed by atoms with E-state index in [1.807, 2.05) is 6.92 Å². The summed E-state index contributed by atoms with van der Waals surface area (Å²) in [5.41, 5.74) is 1.01. The second kappa shape index (κ2) is 3.28. The molecule has 0 spiro atoms. The van der Waals surface area contributed by atoms with Crippen molar-refractivity contribution in [1.82, 2.24) is 0 Å². The molecular weight excluding hydrogens is 140 g/mol. The minimum absolute atomic E-state index is 0.810. The Balaban J connectivity index is 3.10. The van der Waals surface area contributed by atoms with Crippen LogP contribution in [0.4, 0.5) is 0 Å². The van der Waals surface area contributed by atoms with Crippen molar-refractivity contribution in [3.05, 3.63) is 23.8 Å². The molecule has 0 aromatic heterocycles. The molecule has 59 valence electrons. The molecule has 1 aromatic carbocycles. The summed E-state index contributed by atoms with van der Waals surface area (Å²) in [5, 5.41) is 0. The Morgan fingerprint density at radius 1 is 1.09 bits per heavy atom. The van der Waals surface area contributed by atoms with Gasteiger partial charge in [0.25, 0.3) is 0 Å². The van der Waals surface area contributed by atoms with E-state index in [0.717, 1.165) is 17.1 Å². The Labute approximate surface area is 66.8 Å². The van der Waals surface area contributed by atoms with Crippen molar-refractivity contribution in [1.29, 1.82) is 0 Å². The van der Waals surface area contributed by atoms with Crippen molar-refractivity contribution >= 4 is 0 Å². The SMILES string of the molecule is COc1c[c]cc(OC)c1C. The van der Waals surface area contributed by atoms with Crippen LogP contribution in [-0.4, -0.2) is 14.2 Å². The Kier molecular flexibility index (Phi) is 2.36. The molecule has 0 saturated heterocycles. The summed E-state index contributed by atoms with van der Waals surface area (Å²) in [6.07, 6.45) is 0. The molecule has 0 fully saturated rings. The van der Waals surface area contributed by atoms with E-state index >= 15 is 0 Å². The smallest absolute Gasteiger partial charge is 0.126 e. The van der Waals surface area contributed by atoms with Crippen LogP contribution in [0.3, 0.4) is 0 Å². The van der Waals surface area contributed by atoms with E-state index in [-0.39, 0.29) is 0 Å². The summed E-state index contributed by atoms with van der Waals surface area (Å²) >= 11 is 0. The summed E-state index contributed by atoms with van der Waals surface area (Å²) in [6.45, 7) is 1.95. The number of benzene rings is 1. The van der Waals surface area contributed by atoms with Gasteiger partial charge in [-0.1, -0.05) is 0 Å². The van der Waals surface area contributed by atoms with Crippen molar-refractivity contribution in [2.24, 2.45) is 0 Å². The predicted molar refractivity (Wildman–Crippen MR) is 43.1 cm³/mol. The molecule has 0 aliphatic carbocycles. The first-order valence-electron chi connectivity index (χ1n) is 3.38. The lowest BCUT2D eigenvalue weighted by atomic mass is 10.2. The molecule has 0 bridgehead atoms. The van der Waals surface area contributed by atoms with Gasteiger partial charge in [0.2, 0.25) is 0 Å². The minimum atomic E-state index is 0.810. The molecule has 0 saturated carbocycles. The third-order valence-corrected chi connectivity index (χ3v) is 1.61. The molecule has 0 N–H and O–H groups in total. The maximum absolute atomic E-state index is 5.08. The molecule has 2 nitrogen and oxygen atoms in total. The standard InChI is InChI=1S/C9H11O2/c1-7-8(10-2)5-4-6-9(7)11-3/h5-6H,1-3H3. The van der Waals surface area contributed by atoms with Crippen LogP contribution < -0.4 is 9.47 Å². The average molecular weight is 151 g/mol. The quantitative estimate of drug-likeness (QED) is 0.641. The molecule has 0 unspecified atom stereocenters. The summed E-state index contributed by atoms with van der Waals surface area (Å²) in [5.74, 6) is 1.62. The first-order valence-corrected chi connectivity index (χ1v) is 3.38. The fourth-order valence-corrected chi connectivity index (χ4v) is 0.955. The van der Waals surface area contributed by atoms with Gasteiger partial charge in [-0.2, -0.15) is 0 Å². The number of ether oxygens (including phenoxy) is 2. The van der Waals surface area contributed by atoms with Crippen molar-refractivity contribution in [2.75, 3.05) is 14.2 Å². The van der Waals surface area contributed by atoms with Gasteiger partial charge in [0.05, 0.1) is 14.2 Å². The van der Waals surface area contributed by atoms with Gasteiger partial charge >= 0.3 is 0 Å². The topological polar surface area (TPSA) is 18.5 Å². The van der Waals surface area contributed by atoms with Gasteiger partial charge in [0.1, 0.15) is 11.5 Å². The summed E-state index contributed by atoms with van der Waals surface area (Å²) in [7, 11) is 3.27. The van der Waals surface area contributed by atoms with Crippen LogP contribution in [0.15, 0.2) is 12.1 Å². The molecule has 1 radical (unpaired) electrons. The highest BCUT2D eigenvalue weighted by atomic mass is 16.5. The van der Waals surface area contributed by atoms with E-state index in [9.17, 15) is 0 Å². The number of methoxy groups -OCH3 is 2. The van der Waals surface area contributed by atoms with Crippen LogP contribution in [0.1, 0.15) is 5.56 Å². The molecule has 2 heteroatoms. The lowest BCUT2D eigenvalue weighted by Crippen LogP contribution is -1.91. The fourth-order valence-electron chi connectivity index (χ4n) is 0.955. The Bertz CT molecular complexity index is 221. The van der Waals surface area contributed by atoms with E-state index in [4.69, 9.17) is 9.47 Å². The molecule has 0 aliphatic rings. The van der Waals surface area contributed by atoms with Crippen molar-refractivity contribution in [3.8, 4) is 11.5 Å². The van der Waals surface area contributed by atoms with Crippen LogP contribution in [0.5, 0.6) is 11.5 Å². The number of rotatable bonds is 2. The van der Waals surface area contributed by atoms with Gasteiger partial charge in [-0.25, -0.2) is 0 Å². The number of hydrogen-bond donors (Lipinski definition) is 0. The Hall–Kier alpha value is -1.18. The van der Waals surface area contributed by atoms with E-state index in [0.29, 0.717) is 0 Å². The second-order valence-corrected chi connectivity index (χ2v) is 2.22. The van der Waals surface area contributed by atoms with Crippen molar-refractivity contribution < 1.29 is 9.47 Å². The van der Waals surface area contributed by atoms with Gasteiger partial charge < -0.3 is 9.47 Å². The fraction of sp³-hybridized carbons (Fsp3) is 0.333. The second-order valence-electron chi connectivity index (χ2n) is 2.22. The zero-order valence-corrected chi connectivity index (χ0v) is 6.97. The Morgan fingerprint density at radius 2 is 1.55 bits per heavy atom. The highest BCUT2D eigenvalue weighted by Crippen LogP contribution is 2.25. The highest BCUT2D eigenvalue weighted by molar-refractivity contribution is 5.42. The average Bonchev–Trinajstić information content (AvgIpc) is 2.05. The van der Waals surface area contributed by atoms with Crippen LogP contribution in [-0.2, 0) is 0 Å². The molecule has 0 amide bonds. The van der Waals surface area contributed by atoms with E-state index in [1.165, 1.54) is 0 Å². The van der Waals surface area contributed by atoms with E-state index in [1.54, 1.807) is 26.4 Å². The van der Waals surface area contributed by atoms with E-state index in [2.05, 4.69) is 6.07 Å². The largest absolute Gasteiger partial charge is 0.496 e. The molecule has 1 rings (SSSR count). The third-order valence-electron chi connectivity index (χ3n) is 1.61. The summed E-state index contributed by atoms with van der Waals surface area (Å²) in [4.78, 5) is 0. The van der Waals surface area contributed by atoms with Crippen molar-refractivity contribution in [2.45, 2.75) is 6.92 Å². The predicted octanol–water partition coefficient (Wildman–Crippen LogP) is 1.81. The molecule has 0 aliphatic heterocycles.